The first kappa shape index (κ1) is 9.22. The summed E-state index contributed by atoms with van der Waals surface area (Å²) in [6, 6.07) is 19.7. The third-order valence-electron chi connectivity index (χ3n) is 2.79. The van der Waals surface area contributed by atoms with E-state index in [-0.39, 0.29) is 0 Å². The maximum Gasteiger partial charge on any atom is 0.0464 e. The Balaban J connectivity index is 2.19. The first-order valence-electron chi connectivity index (χ1n) is 5.39. The van der Waals surface area contributed by atoms with Gasteiger partial charge in [0.05, 0.1) is 0 Å². The van der Waals surface area contributed by atoms with Crippen molar-refractivity contribution in [1.29, 1.82) is 0 Å². The van der Waals surface area contributed by atoms with Gasteiger partial charge < -0.3 is 4.98 Å². The van der Waals surface area contributed by atoms with Crippen molar-refractivity contribution >= 4 is 10.9 Å². The van der Waals surface area contributed by atoms with Crippen LogP contribution in [0.2, 0.25) is 0 Å². The Hall–Kier alpha value is -2.02. The molecule has 3 aromatic rings. The summed E-state index contributed by atoms with van der Waals surface area (Å²) in [5, 5.41) is 1.26. The number of rotatable bonds is 1. The molecule has 77 valence electrons. The fourth-order valence-electron chi connectivity index (χ4n) is 1.97. The van der Waals surface area contributed by atoms with E-state index >= 15 is 0 Å². The highest BCUT2D eigenvalue weighted by Gasteiger charge is 2.02. The molecule has 1 N–H and O–H groups in total. The molecule has 1 radical (unpaired) electrons. The molecule has 1 aromatic heterocycles. The van der Waals surface area contributed by atoms with Crippen LogP contribution < -0.4 is 0 Å². The van der Waals surface area contributed by atoms with E-state index in [0.29, 0.717) is 0 Å². The number of fused-ring (bicyclic) bond motifs is 1. The van der Waals surface area contributed by atoms with Crippen LogP contribution in [-0.2, 0) is 0 Å². The zero-order chi connectivity index (χ0) is 11.0. The molecule has 16 heavy (non-hydrogen) atoms. The van der Waals surface area contributed by atoms with E-state index in [4.69, 9.17) is 0 Å². The van der Waals surface area contributed by atoms with Gasteiger partial charge in [-0.15, -0.1) is 0 Å². The van der Waals surface area contributed by atoms with Crippen LogP contribution in [0.15, 0.2) is 48.5 Å². The Labute approximate surface area is 94.7 Å². The van der Waals surface area contributed by atoms with Gasteiger partial charge in [0.25, 0.3) is 0 Å². The van der Waals surface area contributed by atoms with Gasteiger partial charge in [-0.2, -0.15) is 0 Å². The van der Waals surface area contributed by atoms with Crippen LogP contribution in [0.5, 0.6) is 0 Å². The lowest BCUT2D eigenvalue weighted by atomic mass is 10.1. The number of hydrogen-bond acceptors (Lipinski definition) is 0. The average Bonchev–Trinajstić information content (AvgIpc) is 2.73. The Morgan fingerprint density at radius 1 is 1.12 bits per heavy atom. The van der Waals surface area contributed by atoms with E-state index in [0.717, 1.165) is 5.69 Å². The maximum absolute atomic E-state index is 3.42. The number of aromatic amines is 1. The van der Waals surface area contributed by atoms with Gasteiger partial charge >= 0.3 is 0 Å². The monoisotopic (exact) mass is 206 g/mol. The number of aryl methyl sites for hydroxylation is 1. The molecular weight excluding hydrogens is 194 g/mol. The Bertz CT molecular complexity index is 620. The number of aromatic nitrogens is 1. The Kier molecular flexibility index (Phi) is 2.03. The lowest BCUT2D eigenvalue weighted by Gasteiger charge is -1.94. The third-order valence-corrected chi connectivity index (χ3v) is 2.79. The predicted octanol–water partition coefficient (Wildman–Crippen LogP) is 3.94. The highest BCUT2D eigenvalue weighted by atomic mass is 14.7. The highest BCUT2D eigenvalue weighted by molar-refractivity contribution is 5.86. The molecule has 3 rings (SSSR count). The zero-order valence-corrected chi connectivity index (χ0v) is 9.12. The van der Waals surface area contributed by atoms with Crippen molar-refractivity contribution in [3.63, 3.8) is 0 Å². The lowest BCUT2D eigenvalue weighted by Crippen LogP contribution is -1.74. The molecule has 1 nitrogen and oxygen atoms in total. The molecule has 2 aromatic carbocycles. The van der Waals surface area contributed by atoms with Crippen LogP contribution in [0.4, 0.5) is 0 Å². The highest BCUT2D eigenvalue weighted by Crippen LogP contribution is 2.24. The summed E-state index contributed by atoms with van der Waals surface area (Å²) in [4.78, 5) is 3.42. The topological polar surface area (TPSA) is 15.8 Å². The first-order valence-corrected chi connectivity index (χ1v) is 5.39. The molecule has 0 amide bonds. The van der Waals surface area contributed by atoms with Crippen LogP contribution >= 0.6 is 0 Å². The zero-order valence-electron chi connectivity index (χ0n) is 9.12. The van der Waals surface area contributed by atoms with Crippen LogP contribution in [0.3, 0.4) is 0 Å². The van der Waals surface area contributed by atoms with Crippen molar-refractivity contribution in [3.05, 3.63) is 60.2 Å². The van der Waals surface area contributed by atoms with E-state index < -0.39 is 0 Å². The van der Waals surface area contributed by atoms with Gasteiger partial charge in [-0.1, -0.05) is 29.8 Å². The average molecular weight is 206 g/mol. The SMILES string of the molecule is Cc1ccc2[nH]c(-c3c[c]ccc3)cc2c1. The largest absolute Gasteiger partial charge is 0.355 e. The van der Waals surface area contributed by atoms with Crippen molar-refractivity contribution < 1.29 is 0 Å². The van der Waals surface area contributed by atoms with Gasteiger partial charge in [-0.3, -0.25) is 0 Å². The lowest BCUT2D eigenvalue weighted by molar-refractivity contribution is 1.44. The molecule has 1 heteroatoms. The molecular formula is C15H12N. The molecule has 0 aliphatic rings. The summed E-state index contributed by atoms with van der Waals surface area (Å²) in [7, 11) is 0. The molecule has 0 fully saturated rings. The second kappa shape index (κ2) is 3.53. The van der Waals surface area contributed by atoms with Crippen LogP contribution in [0.1, 0.15) is 5.56 Å². The second-order valence-corrected chi connectivity index (χ2v) is 4.07. The quantitative estimate of drug-likeness (QED) is 0.620. The molecule has 0 saturated carbocycles. The number of nitrogens with one attached hydrogen (secondary N) is 1. The van der Waals surface area contributed by atoms with Gasteiger partial charge in [0.15, 0.2) is 0 Å². The van der Waals surface area contributed by atoms with E-state index in [1.54, 1.807) is 0 Å². The molecule has 0 spiro atoms. The molecule has 1 heterocycles. The van der Waals surface area contributed by atoms with Gasteiger partial charge in [0.2, 0.25) is 0 Å². The van der Waals surface area contributed by atoms with Crippen molar-refractivity contribution in [1.82, 2.24) is 4.98 Å². The standard InChI is InChI=1S/C15H12N/c1-11-7-8-14-13(9-11)10-15(16-14)12-5-3-2-4-6-12/h2-3,5-10,16H,1H3. The van der Waals surface area contributed by atoms with Crippen LogP contribution in [-0.4, -0.2) is 4.98 Å². The van der Waals surface area contributed by atoms with E-state index in [1.807, 2.05) is 18.2 Å². The second-order valence-electron chi connectivity index (χ2n) is 4.07. The summed E-state index contributed by atoms with van der Waals surface area (Å²) in [5.74, 6) is 0. The summed E-state index contributed by atoms with van der Waals surface area (Å²) in [5.41, 5.74) is 4.80. The summed E-state index contributed by atoms with van der Waals surface area (Å²) in [6.45, 7) is 2.11. The van der Waals surface area contributed by atoms with Crippen molar-refractivity contribution in [2.75, 3.05) is 0 Å². The van der Waals surface area contributed by atoms with Crippen molar-refractivity contribution in [2.24, 2.45) is 0 Å². The van der Waals surface area contributed by atoms with Crippen LogP contribution in [0.25, 0.3) is 22.2 Å². The molecule has 0 atom stereocenters. The van der Waals surface area contributed by atoms with E-state index in [2.05, 4.69) is 48.3 Å². The minimum Gasteiger partial charge on any atom is -0.355 e. The van der Waals surface area contributed by atoms with E-state index in [9.17, 15) is 0 Å². The number of benzene rings is 2. The maximum atomic E-state index is 3.42. The Morgan fingerprint density at radius 2 is 2.06 bits per heavy atom. The van der Waals surface area contributed by atoms with Crippen molar-refractivity contribution in [2.45, 2.75) is 6.92 Å². The predicted molar refractivity (Wildman–Crippen MR) is 67.3 cm³/mol. The normalized spacial score (nSPS) is 10.8. The summed E-state index contributed by atoms with van der Waals surface area (Å²) >= 11 is 0. The number of hydrogen-bond donors (Lipinski definition) is 1. The minimum absolute atomic E-state index is 1.15. The first-order chi connectivity index (χ1) is 7.83. The fraction of sp³-hybridized carbons (Fsp3) is 0.0667. The summed E-state index contributed by atoms with van der Waals surface area (Å²) in [6.07, 6.45) is 0. The minimum atomic E-state index is 1.15. The number of H-pyrrole nitrogens is 1. The van der Waals surface area contributed by atoms with Gasteiger partial charge in [0.1, 0.15) is 0 Å². The smallest absolute Gasteiger partial charge is 0.0464 e. The molecule has 0 aliphatic carbocycles. The van der Waals surface area contributed by atoms with E-state index in [1.165, 1.54) is 22.0 Å². The molecule has 0 saturated heterocycles. The van der Waals surface area contributed by atoms with Gasteiger partial charge in [-0.25, -0.2) is 0 Å². The van der Waals surface area contributed by atoms with Crippen LogP contribution in [0, 0.1) is 13.0 Å². The summed E-state index contributed by atoms with van der Waals surface area (Å²) < 4.78 is 0. The molecule has 0 aliphatic heterocycles. The third kappa shape index (κ3) is 1.50. The molecule has 0 unspecified atom stereocenters. The van der Waals surface area contributed by atoms with Crippen molar-refractivity contribution in [3.8, 4) is 11.3 Å². The fourth-order valence-corrected chi connectivity index (χ4v) is 1.97. The Morgan fingerprint density at radius 3 is 2.88 bits per heavy atom. The molecule has 0 bridgehead atoms. The van der Waals surface area contributed by atoms with Gasteiger partial charge in [0, 0.05) is 16.6 Å². The van der Waals surface area contributed by atoms with Gasteiger partial charge in [-0.05, 0) is 42.8 Å².